The van der Waals surface area contributed by atoms with Gasteiger partial charge in [0.2, 0.25) is 0 Å². The number of nitriles is 1. The van der Waals surface area contributed by atoms with Crippen molar-refractivity contribution >= 4 is 11.9 Å². The second-order valence-electron chi connectivity index (χ2n) is 7.48. The second-order valence-corrected chi connectivity index (χ2v) is 7.48. The van der Waals surface area contributed by atoms with Crippen molar-refractivity contribution in [3.05, 3.63) is 82.1 Å². The van der Waals surface area contributed by atoms with Gasteiger partial charge in [0.1, 0.15) is 11.6 Å². The van der Waals surface area contributed by atoms with Crippen LogP contribution in [0.2, 0.25) is 0 Å². The lowest BCUT2D eigenvalue weighted by molar-refractivity contribution is -0.117. The Kier molecular flexibility index (Phi) is 6.87. The second kappa shape index (κ2) is 9.75. The lowest BCUT2D eigenvalue weighted by Crippen LogP contribution is -2.28. The molecule has 1 unspecified atom stereocenters. The van der Waals surface area contributed by atoms with Crippen LogP contribution in [0.1, 0.15) is 58.4 Å². The average Bonchev–Trinajstić information content (AvgIpc) is 2.76. The van der Waals surface area contributed by atoms with Crippen LogP contribution in [0, 0.1) is 11.3 Å². The highest BCUT2D eigenvalue weighted by Crippen LogP contribution is 2.24. The largest absolute Gasteiger partial charge is 0.478 e. The van der Waals surface area contributed by atoms with E-state index in [1.54, 1.807) is 12.1 Å². The summed E-state index contributed by atoms with van der Waals surface area (Å²) in [5.74, 6) is -1.41. The molecule has 0 heterocycles. The predicted octanol–water partition coefficient (Wildman–Crippen LogP) is 3.64. The monoisotopic (exact) mass is 403 g/mol. The van der Waals surface area contributed by atoms with Crippen molar-refractivity contribution in [2.24, 2.45) is 0 Å². The first-order valence-electron chi connectivity index (χ1n) is 10.1. The number of aryl methyl sites for hydroxylation is 2. The van der Waals surface area contributed by atoms with Gasteiger partial charge < -0.3 is 15.7 Å². The molecule has 0 spiro atoms. The number of hydrogen-bond donors (Lipinski definition) is 3. The fourth-order valence-electron chi connectivity index (χ4n) is 3.57. The highest BCUT2D eigenvalue weighted by molar-refractivity contribution is 5.97. The average molecular weight is 403 g/mol. The zero-order valence-corrected chi connectivity index (χ0v) is 16.9. The number of aromatic carboxylic acids is 1. The van der Waals surface area contributed by atoms with Crippen LogP contribution < -0.4 is 10.6 Å². The quantitative estimate of drug-likeness (QED) is 0.484. The maximum absolute atomic E-state index is 12.5. The van der Waals surface area contributed by atoms with Crippen LogP contribution in [0.5, 0.6) is 0 Å². The fourth-order valence-corrected chi connectivity index (χ4v) is 3.57. The molecule has 1 aliphatic carbocycles. The zero-order valence-electron chi connectivity index (χ0n) is 16.9. The number of fused-ring (bicyclic) bond motifs is 1. The van der Waals surface area contributed by atoms with Crippen molar-refractivity contribution < 1.29 is 14.7 Å². The van der Waals surface area contributed by atoms with E-state index in [4.69, 9.17) is 5.11 Å². The minimum absolute atomic E-state index is 0.0121. The molecule has 0 aromatic heterocycles. The number of nitrogens with one attached hydrogen (secondary N) is 2. The van der Waals surface area contributed by atoms with Gasteiger partial charge in [0.05, 0.1) is 11.6 Å². The summed E-state index contributed by atoms with van der Waals surface area (Å²) in [4.78, 5) is 23.4. The van der Waals surface area contributed by atoms with Crippen LogP contribution in [0.3, 0.4) is 0 Å². The molecule has 6 heteroatoms. The molecule has 2 aromatic rings. The van der Waals surface area contributed by atoms with Crippen LogP contribution in [-0.2, 0) is 24.2 Å². The molecule has 0 bridgehead atoms. The molecular formula is C24H25N3O3. The third-order valence-corrected chi connectivity index (χ3v) is 5.34. The van der Waals surface area contributed by atoms with Crippen LogP contribution in [0.25, 0.3) is 0 Å². The number of carboxylic acid groups (broad SMARTS) is 1. The number of benzene rings is 2. The van der Waals surface area contributed by atoms with Gasteiger partial charge in [-0.25, -0.2) is 4.79 Å². The lowest BCUT2D eigenvalue weighted by atomic mass is 9.89. The Hall–Kier alpha value is -3.59. The van der Waals surface area contributed by atoms with Gasteiger partial charge in [0.25, 0.3) is 5.91 Å². The van der Waals surface area contributed by atoms with E-state index in [0.29, 0.717) is 6.54 Å². The maximum Gasteiger partial charge on any atom is 0.335 e. The number of rotatable bonds is 7. The Morgan fingerprint density at radius 2 is 1.83 bits per heavy atom. The van der Waals surface area contributed by atoms with E-state index in [-0.39, 0.29) is 17.2 Å². The number of carbonyl (C=O) groups excluding carboxylic acids is 1. The smallest absolute Gasteiger partial charge is 0.335 e. The van der Waals surface area contributed by atoms with E-state index in [1.165, 1.54) is 42.3 Å². The number of carboxylic acids is 1. The van der Waals surface area contributed by atoms with E-state index in [2.05, 4.69) is 22.8 Å². The summed E-state index contributed by atoms with van der Waals surface area (Å²) in [7, 11) is 0. The van der Waals surface area contributed by atoms with Crippen molar-refractivity contribution in [1.82, 2.24) is 10.6 Å². The minimum Gasteiger partial charge on any atom is -0.478 e. The van der Waals surface area contributed by atoms with Crippen molar-refractivity contribution in [2.45, 2.75) is 45.2 Å². The summed E-state index contributed by atoms with van der Waals surface area (Å²) in [6.07, 6.45) is 6.00. The van der Waals surface area contributed by atoms with E-state index in [0.717, 1.165) is 24.0 Å². The van der Waals surface area contributed by atoms with Gasteiger partial charge in [-0.1, -0.05) is 30.3 Å². The number of nitrogens with zero attached hydrogens (tertiary/aromatic N) is 1. The minimum atomic E-state index is -0.981. The van der Waals surface area contributed by atoms with Crippen molar-refractivity contribution in [3.63, 3.8) is 0 Å². The van der Waals surface area contributed by atoms with Gasteiger partial charge in [0.15, 0.2) is 0 Å². The summed E-state index contributed by atoms with van der Waals surface area (Å²) < 4.78 is 0. The normalized spacial score (nSPS) is 14.2. The van der Waals surface area contributed by atoms with E-state index in [9.17, 15) is 14.9 Å². The Bertz CT molecular complexity index is 1000. The predicted molar refractivity (Wildman–Crippen MR) is 114 cm³/mol. The molecule has 0 aliphatic heterocycles. The highest BCUT2D eigenvalue weighted by Gasteiger charge is 2.16. The van der Waals surface area contributed by atoms with Crippen LogP contribution >= 0.6 is 0 Å². The van der Waals surface area contributed by atoms with Gasteiger partial charge in [-0.3, -0.25) is 4.79 Å². The summed E-state index contributed by atoms with van der Waals surface area (Å²) >= 11 is 0. The molecule has 3 rings (SSSR count). The Morgan fingerprint density at radius 3 is 2.50 bits per heavy atom. The summed E-state index contributed by atoms with van der Waals surface area (Å²) in [5.41, 5.74) is 4.82. The van der Waals surface area contributed by atoms with Crippen LogP contribution in [0.4, 0.5) is 0 Å². The third kappa shape index (κ3) is 5.26. The molecular weight excluding hydrogens is 378 g/mol. The summed E-state index contributed by atoms with van der Waals surface area (Å²) in [5, 5.41) is 24.1. The molecule has 2 aromatic carbocycles. The lowest BCUT2D eigenvalue weighted by Gasteiger charge is -2.20. The molecule has 0 saturated carbocycles. The van der Waals surface area contributed by atoms with E-state index < -0.39 is 11.9 Å². The highest BCUT2D eigenvalue weighted by atomic mass is 16.4. The summed E-state index contributed by atoms with van der Waals surface area (Å²) in [6, 6.07) is 14.5. The topological polar surface area (TPSA) is 102 Å². The zero-order chi connectivity index (χ0) is 21.5. The van der Waals surface area contributed by atoms with Gasteiger partial charge in [-0.15, -0.1) is 0 Å². The summed E-state index contributed by atoms with van der Waals surface area (Å²) in [6.45, 7) is 2.29. The van der Waals surface area contributed by atoms with Crippen molar-refractivity contribution in [2.75, 3.05) is 0 Å². The Balaban J connectivity index is 1.58. The molecule has 0 fully saturated rings. The van der Waals surface area contributed by atoms with Gasteiger partial charge >= 0.3 is 5.97 Å². The third-order valence-electron chi connectivity index (χ3n) is 5.34. The van der Waals surface area contributed by atoms with Crippen LogP contribution in [-0.4, -0.2) is 17.0 Å². The van der Waals surface area contributed by atoms with E-state index in [1.807, 2.05) is 19.1 Å². The standard InChI is InChI=1S/C24H25N3O3/c1-16(20-11-10-18-4-2-3-5-21(18)12-20)27-23(28)22(13-25)15-26-14-17-6-8-19(9-7-17)24(29)30/h6-12,15-16,26H,2-5,14H2,1H3,(H,27,28)(H,29,30)/b22-15-. The SMILES string of the molecule is CC(NC(=O)/C(C#N)=C\NCc1ccc(C(=O)O)cc1)c1ccc2c(c1)CCCC2. The number of carbonyl (C=O) groups is 2. The first-order chi connectivity index (χ1) is 14.5. The first-order valence-corrected chi connectivity index (χ1v) is 10.1. The van der Waals surface area contributed by atoms with Crippen LogP contribution in [0.15, 0.2) is 54.2 Å². The Morgan fingerprint density at radius 1 is 1.13 bits per heavy atom. The van der Waals surface area contributed by atoms with E-state index >= 15 is 0 Å². The Labute approximate surface area is 176 Å². The molecule has 0 saturated heterocycles. The first kappa shape index (κ1) is 21.1. The molecule has 1 amide bonds. The molecule has 154 valence electrons. The maximum atomic E-state index is 12.5. The van der Waals surface area contributed by atoms with Gasteiger partial charge in [-0.05, 0) is 67.0 Å². The number of hydrogen-bond acceptors (Lipinski definition) is 4. The molecule has 1 aliphatic rings. The fraction of sp³-hybridized carbons (Fsp3) is 0.292. The van der Waals surface area contributed by atoms with Gasteiger partial charge in [-0.2, -0.15) is 5.26 Å². The molecule has 6 nitrogen and oxygen atoms in total. The molecule has 30 heavy (non-hydrogen) atoms. The van der Waals surface area contributed by atoms with Crippen molar-refractivity contribution in [3.8, 4) is 6.07 Å². The molecule has 1 atom stereocenters. The number of amides is 1. The molecule has 3 N–H and O–H groups in total. The van der Waals surface area contributed by atoms with Gasteiger partial charge in [0, 0.05) is 12.7 Å². The van der Waals surface area contributed by atoms with Crippen molar-refractivity contribution in [1.29, 1.82) is 5.26 Å². The molecule has 0 radical (unpaired) electrons.